The topological polar surface area (TPSA) is 21.5 Å². The van der Waals surface area contributed by atoms with Crippen molar-refractivity contribution in [1.29, 1.82) is 0 Å². The lowest BCUT2D eigenvalue weighted by molar-refractivity contribution is -0.511. The van der Waals surface area contributed by atoms with Crippen LogP contribution < -0.4 is 14.0 Å². The average molecular weight is 372 g/mol. The first kappa shape index (κ1) is 18.1. The maximum absolute atomic E-state index is 5.33. The van der Waals surface area contributed by atoms with Crippen molar-refractivity contribution in [1.82, 2.24) is 4.57 Å². The van der Waals surface area contributed by atoms with E-state index in [9.17, 15) is 0 Å². The fraction of sp³-hybridized carbons (Fsp3) is 0.208. The Morgan fingerprint density at radius 2 is 1.61 bits per heavy atom. The van der Waals surface area contributed by atoms with Crippen molar-refractivity contribution in [3.05, 3.63) is 79.3 Å². The lowest BCUT2D eigenvalue weighted by Crippen LogP contribution is -2.21. The smallest absolute Gasteiger partial charge is 0.254 e. The zero-order chi connectivity index (χ0) is 19.5. The predicted octanol–water partition coefficient (Wildman–Crippen LogP) is 4.74. The van der Waals surface area contributed by atoms with Gasteiger partial charge in [0.1, 0.15) is 11.4 Å². The van der Waals surface area contributed by atoms with E-state index in [1.165, 1.54) is 16.9 Å². The Bertz CT molecular complexity index is 1060. The number of ether oxygens (including phenoxy) is 1. The second kappa shape index (κ2) is 7.77. The van der Waals surface area contributed by atoms with Gasteiger partial charge in [-0.05, 0) is 74.5 Å². The van der Waals surface area contributed by atoms with Crippen LogP contribution in [0.25, 0.3) is 22.5 Å². The third kappa shape index (κ3) is 3.22. The van der Waals surface area contributed by atoms with Gasteiger partial charge in [-0.15, -0.1) is 0 Å². The van der Waals surface area contributed by atoms with E-state index >= 15 is 0 Å². The zero-order valence-corrected chi connectivity index (χ0v) is 16.7. The first-order valence-corrected chi connectivity index (χ1v) is 9.76. The third-order valence-electron chi connectivity index (χ3n) is 5.23. The molecule has 4 nitrogen and oxygen atoms in total. The number of hydrogen-bond acceptors (Lipinski definition) is 2. The lowest BCUT2D eigenvalue weighted by Gasteiger charge is -2.20. The number of aromatic nitrogens is 2. The van der Waals surface area contributed by atoms with E-state index in [0.29, 0.717) is 0 Å². The normalized spacial score (nSPS) is 11.0. The Balaban J connectivity index is 1.84. The van der Waals surface area contributed by atoms with Crippen molar-refractivity contribution in [2.75, 3.05) is 25.1 Å². The van der Waals surface area contributed by atoms with E-state index < -0.39 is 0 Å². The quantitative estimate of drug-likeness (QED) is 0.456. The molecule has 2 aromatic carbocycles. The summed E-state index contributed by atoms with van der Waals surface area (Å²) in [6.07, 6.45) is 4.23. The SMILES string of the molecule is CCN(CC)c1ccc(-n2c[n+]3ccccc3c2-c2ccc(OC)cc2)cc1. The third-order valence-corrected chi connectivity index (χ3v) is 5.23. The second-order valence-electron chi connectivity index (χ2n) is 6.74. The molecular formula is C24H26N3O+. The first-order chi connectivity index (χ1) is 13.7. The molecule has 0 unspecified atom stereocenters. The molecule has 0 spiro atoms. The minimum Gasteiger partial charge on any atom is -0.497 e. The molecule has 142 valence electrons. The number of rotatable bonds is 6. The molecule has 28 heavy (non-hydrogen) atoms. The summed E-state index contributed by atoms with van der Waals surface area (Å²) in [6, 6.07) is 23.3. The molecule has 0 amide bonds. The van der Waals surface area contributed by atoms with E-state index in [0.717, 1.165) is 30.1 Å². The standard InChI is InChI=1S/C24H26N3O/c1-4-25(5-2)20-11-13-21(14-12-20)27-18-26-17-7-6-8-23(26)24(27)19-9-15-22(28-3)16-10-19/h6-18H,4-5H2,1-3H3/q+1. The lowest BCUT2D eigenvalue weighted by atomic mass is 10.1. The number of anilines is 1. The van der Waals surface area contributed by atoms with Crippen LogP contribution in [0, 0.1) is 0 Å². The fourth-order valence-corrected chi connectivity index (χ4v) is 3.71. The summed E-state index contributed by atoms with van der Waals surface area (Å²) < 4.78 is 9.75. The highest BCUT2D eigenvalue weighted by molar-refractivity contribution is 5.76. The molecular weight excluding hydrogens is 346 g/mol. The summed E-state index contributed by atoms with van der Waals surface area (Å²) >= 11 is 0. The van der Waals surface area contributed by atoms with Crippen molar-refractivity contribution in [3.8, 4) is 22.7 Å². The molecule has 0 atom stereocenters. The van der Waals surface area contributed by atoms with Crippen LogP contribution in [0.2, 0.25) is 0 Å². The number of nitrogens with zero attached hydrogens (tertiary/aromatic N) is 3. The summed E-state index contributed by atoms with van der Waals surface area (Å²) in [6.45, 7) is 6.40. The van der Waals surface area contributed by atoms with Crippen molar-refractivity contribution in [2.24, 2.45) is 0 Å². The highest BCUT2D eigenvalue weighted by Gasteiger charge is 2.21. The molecule has 4 heteroatoms. The summed E-state index contributed by atoms with van der Waals surface area (Å²) in [5.41, 5.74) is 5.89. The van der Waals surface area contributed by atoms with E-state index in [1.807, 2.05) is 12.1 Å². The van der Waals surface area contributed by atoms with Crippen molar-refractivity contribution in [2.45, 2.75) is 13.8 Å². The Kier molecular flexibility index (Phi) is 5.02. The summed E-state index contributed by atoms with van der Waals surface area (Å²) in [4.78, 5) is 2.36. The Morgan fingerprint density at radius 3 is 2.25 bits per heavy atom. The van der Waals surface area contributed by atoms with E-state index in [2.05, 4.69) is 94.8 Å². The Morgan fingerprint density at radius 1 is 0.893 bits per heavy atom. The van der Waals surface area contributed by atoms with Crippen molar-refractivity contribution in [3.63, 3.8) is 0 Å². The van der Waals surface area contributed by atoms with Gasteiger partial charge in [-0.2, -0.15) is 4.57 Å². The first-order valence-electron chi connectivity index (χ1n) is 9.76. The van der Waals surface area contributed by atoms with E-state index in [1.54, 1.807) is 7.11 Å². The van der Waals surface area contributed by atoms with Gasteiger partial charge in [0, 0.05) is 24.3 Å². The van der Waals surface area contributed by atoms with Crippen LogP contribution in [0.3, 0.4) is 0 Å². The van der Waals surface area contributed by atoms with Gasteiger partial charge >= 0.3 is 0 Å². The number of methoxy groups -OCH3 is 1. The molecule has 0 saturated carbocycles. The minimum atomic E-state index is 0.863. The number of imidazole rings is 1. The van der Waals surface area contributed by atoms with Gasteiger partial charge in [-0.25, -0.2) is 4.40 Å². The van der Waals surface area contributed by atoms with Gasteiger partial charge in [0.15, 0.2) is 11.2 Å². The van der Waals surface area contributed by atoms with Gasteiger partial charge in [0.25, 0.3) is 6.33 Å². The Hall–Kier alpha value is -3.27. The largest absolute Gasteiger partial charge is 0.497 e. The summed E-state index contributed by atoms with van der Waals surface area (Å²) in [5, 5.41) is 0. The van der Waals surface area contributed by atoms with Crippen LogP contribution in [-0.2, 0) is 0 Å². The highest BCUT2D eigenvalue weighted by atomic mass is 16.5. The average Bonchev–Trinajstić information content (AvgIpc) is 3.15. The van der Waals surface area contributed by atoms with Gasteiger partial charge < -0.3 is 9.64 Å². The second-order valence-corrected chi connectivity index (χ2v) is 6.74. The van der Waals surface area contributed by atoms with Crippen LogP contribution in [0.1, 0.15) is 13.8 Å². The maximum atomic E-state index is 5.33. The summed E-state index contributed by atoms with van der Waals surface area (Å²) in [7, 11) is 1.69. The molecule has 4 aromatic rings. The van der Waals surface area contributed by atoms with Crippen LogP contribution in [0.15, 0.2) is 79.3 Å². The molecule has 0 saturated heterocycles. The monoisotopic (exact) mass is 372 g/mol. The number of hydrogen-bond donors (Lipinski definition) is 0. The van der Waals surface area contributed by atoms with Gasteiger partial charge in [-0.3, -0.25) is 0 Å². The highest BCUT2D eigenvalue weighted by Crippen LogP contribution is 2.29. The molecule has 2 aromatic heterocycles. The van der Waals surface area contributed by atoms with Crippen LogP contribution in [0.4, 0.5) is 5.69 Å². The molecule has 0 radical (unpaired) electrons. The zero-order valence-electron chi connectivity index (χ0n) is 16.7. The number of pyridine rings is 1. The van der Waals surface area contributed by atoms with Crippen LogP contribution in [-0.4, -0.2) is 24.8 Å². The predicted molar refractivity (Wildman–Crippen MR) is 114 cm³/mol. The maximum Gasteiger partial charge on any atom is 0.254 e. The van der Waals surface area contributed by atoms with E-state index in [-0.39, 0.29) is 0 Å². The van der Waals surface area contributed by atoms with E-state index in [4.69, 9.17) is 4.74 Å². The number of fused-ring (bicyclic) bond motifs is 1. The molecule has 0 aliphatic carbocycles. The Labute approximate surface area is 166 Å². The van der Waals surface area contributed by atoms with Crippen molar-refractivity contribution >= 4 is 11.2 Å². The molecule has 4 rings (SSSR count). The molecule has 0 bridgehead atoms. The molecule has 0 fully saturated rings. The van der Waals surface area contributed by atoms with Crippen LogP contribution in [0.5, 0.6) is 5.75 Å². The minimum absolute atomic E-state index is 0.863. The molecule has 0 aliphatic heterocycles. The molecule has 0 aliphatic rings. The van der Waals surface area contributed by atoms with Gasteiger partial charge in [0.2, 0.25) is 0 Å². The molecule has 0 N–H and O–H groups in total. The van der Waals surface area contributed by atoms with Crippen LogP contribution >= 0.6 is 0 Å². The van der Waals surface area contributed by atoms with Gasteiger partial charge in [0.05, 0.1) is 13.3 Å². The fourth-order valence-electron chi connectivity index (χ4n) is 3.71. The summed E-state index contributed by atoms with van der Waals surface area (Å²) in [5.74, 6) is 0.863. The van der Waals surface area contributed by atoms with Crippen molar-refractivity contribution < 1.29 is 9.14 Å². The molecule has 2 heterocycles. The van der Waals surface area contributed by atoms with Gasteiger partial charge in [-0.1, -0.05) is 6.07 Å². The number of benzene rings is 2.